The van der Waals surface area contributed by atoms with E-state index in [-0.39, 0.29) is 0 Å². The second-order valence-electron chi connectivity index (χ2n) is 8.09. The summed E-state index contributed by atoms with van der Waals surface area (Å²) in [4.78, 5) is 19.1. The number of piperidine rings is 1. The van der Waals surface area contributed by atoms with E-state index < -0.39 is 0 Å². The summed E-state index contributed by atoms with van der Waals surface area (Å²) in [7, 11) is 0. The minimum atomic E-state index is 0.310. The molecular formula is C20H23N9. The summed E-state index contributed by atoms with van der Waals surface area (Å²) in [6, 6.07) is 1.99. The van der Waals surface area contributed by atoms with E-state index in [1.807, 2.05) is 0 Å². The molecule has 2 aliphatic rings. The lowest BCUT2D eigenvalue weighted by Gasteiger charge is -2.42. The summed E-state index contributed by atoms with van der Waals surface area (Å²) in [6.07, 6.45) is 9.09. The molecule has 1 aliphatic carbocycles. The van der Waals surface area contributed by atoms with E-state index in [9.17, 15) is 0 Å². The number of nitrogens with zero attached hydrogens (tertiary/aromatic N) is 6. The van der Waals surface area contributed by atoms with Gasteiger partial charge in [0, 0.05) is 30.9 Å². The zero-order chi connectivity index (χ0) is 20.0. The molecule has 0 amide bonds. The van der Waals surface area contributed by atoms with Crippen molar-refractivity contribution in [1.29, 1.82) is 0 Å². The van der Waals surface area contributed by atoms with Crippen molar-refractivity contribution in [2.45, 2.75) is 38.1 Å². The Morgan fingerprint density at radius 2 is 2.03 bits per heavy atom. The van der Waals surface area contributed by atoms with Crippen molar-refractivity contribution in [3.63, 3.8) is 0 Å². The highest BCUT2D eigenvalue weighted by molar-refractivity contribution is 5.93. The third-order valence-corrected chi connectivity index (χ3v) is 6.61. The van der Waals surface area contributed by atoms with Gasteiger partial charge in [-0.25, -0.2) is 14.8 Å². The number of aromatic nitrogens is 5. The molecule has 29 heavy (non-hydrogen) atoms. The van der Waals surface area contributed by atoms with E-state index >= 15 is 0 Å². The van der Waals surface area contributed by atoms with Crippen LogP contribution in [0.1, 0.15) is 32.1 Å². The summed E-state index contributed by atoms with van der Waals surface area (Å²) < 4.78 is 0. The number of hydrogen-bond acceptors (Lipinski definition) is 7. The SMILES string of the molecule is [C-]#[N+]c1cnc(N)cc1-c1[nH]nc2nc(N3CCC4(CCC[C@H]4N)CC3)cnc12. The Bertz CT molecular complexity index is 1100. The van der Waals surface area contributed by atoms with Gasteiger partial charge in [-0.1, -0.05) is 6.42 Å². The molecule has 3 aromatic rings. The normalized spacial score (nSPS) is 21.0. The summed E-state index contributed by atoms with van der Waals surface area (Å²) >= 11 is 0. The number of fused-ring (bicyclic) bond motifs is 1. The third-order valence-electron chi connectivity index (χ3n) is 6.61. The molecule has 1 saturated carbocycles. The molecule has 0 radical (unpaired) electrons. The van der Waals surface area contributed by atoms with E-state index in [1.165, 1.54) is 19.0 Å². The predicted octanol–water partition coefficient (Wildman–Crippen LogP) is 2.65. The van der Waals surface area contributed by atoms with Crippen LogP contribution >= 0.6 is 0 Å². The average molecular weight is 389 g/mol. The third kappa shape index (κ3) is 2.87. The van der Waals surface area contributed by atoms with Crippen LogP contribution in [0.2, 0.25) is 0 Å². The van der Waals surface area contributed by atoms with Crippen molar-refractivity contribution in [3.05, 3.63) is 29.9 Å². The molecule has 5 rings (SSSR count). The van der Waals surface area contributed by atoms with Crippen molar-refractivity contribution >= 4 is 28.5 Å². The minimum Gasteiger partial charge on any atom is -0.384 e. The maximum atomic E-state index is 7.37. The first-order chi connectivity index (χ1) is 14.1. The number of nitrogens with two attached hydrogens (primary N) is 2. The summed E-state index contributed by atoms with van der Waals surface area (Å²) in [6.45, 7) is 9.25. The lowest BCUT2D eigenvalue weighted by molar-refractivity contribution is 0.197. The Kier molecular flexibility index (Phi) is 4.10. The number of anilines is 2. The quantitative estimate of drug-likeness (QED) is 0.575. The molecule has 4 heterocycles. The van der Waals surface area contributed by atoms with Crippen LogP contribution in [0.15, 0.2) is 18.5 Å². The van der Waals surface area contributed by atoms with Crippen LogP contribution in [0.4, 0.5) is 17.3 Å². The second kappa shape index (κ2) is 6.67. The van der Waals surface area contributed by atoms with Gasteiger partial charge in [-0.3, -0.25) is 10.1 Å². The Labute approximate surface area is 168 Å². The maximum Gasteiger partial charge on any atom is 0.214 e. The van der Waals surface area contributed by atoms with Crippen molar-refractivity contribution < 1.29 is 0 Å². The van der Waals surface area contributed by atoms with Gasteiger partial charge < -0.3 is 16.4 Å². The van der Waals surface area contributed by atoms with E-state index in [4.69, 9.17) is 23.0 Å². The van der Waals surface area contributed by atoms with Gasteiger partial charge in [0.15, 0.2) is 0 Å². The van der Waals surface area contributed by atoms with Gasteiger partial charge in [0.25, 0.3) is 0 Å². The summed E-state index contributed by atoms with van der Waals surface area (Å²) in [5.41, 5.74) is 15.3. The fraction of sp³-hybridized carbons (Fsp3) is 0.450. The topological polar surface area (TPSA) is 127 Å². The first-order valence-electron chi connectivity index (χ1n) is 9.95. The van der Waals surface area contributed by atoms with Crippen LogP contribution in [-0.2, 0) is 0 Å². The zero-order valence-corrected chi connectivity index (χ0v) is 16.1. The second-order valence-corrected chi connectivity index (χ2v) is 8.09. The monoisotopic (exact) mass is 389 g/mol. The number of H-pyrrole nitrogens is 1. The molecule has 9 nitrogen and oxygen atoms in total. The van der Waals surface area contributed by atoms with E-state index in [0.29, 0.717) is 45.4 Å². The molecule has 1 atom stereocenters. The molecule has 1 spiro atoms. The van der Waals surface area contributed by atoms with Gasteiger partial charge in [0.2, 0.25) is 11.3 Å². The highest BCUT2D eigenvalue weighted by Gasteiger charge is 2.43. The minimum absolute atomic E-state index is 0.310. The average Bonchev–Trinajstić information content (AvgIpc) is 3.32. The van der Waals surface area contributed by atoms with E-state index in [2.05, 4.69) is 29.9 Å². The van der Waals surface area contributed by atoms with Gasteiger partial charge in [-0.15, -0.1) is 0 Å². The van der Waals surface area contributed by atoms with Gasteiger partial charge in [0.1, 0.15) is 17.2 Å². The standard InChI is InChI=1S/C20H23N9/c1-23-13-10-24-15(22)9-12(13)17-18-19(28-27-17)26-16(11-25-18)29-7-5-20(6-8-29)4-2-3-14(20)21/h9-11,14H,2-8,21H2,(H2,22,24)(H,26,27,28)/t14-/m1/s1. The molecular weight excluding hydrogens is 366 g/mol. The van der Waals surface area contributed by atoms with Crippen molar-refractivity contribution in [2.75, 3.05) is 23.7 Å². The first-order valence-corrected chi connectivity index (χ1v) is 9.95. The Morgan fingerprint density at radius 3 is 2.76 bits per heavy atom. The molecule has 5 N–H and O–H groups in total. The van der Waals surface area contributed by atoms with Crippen molar-refractivity contribution in [1.82, 2.24) is 25.1 Å². The first kappa shape index (κ1) is 17.8. The molecule has 0 unspecified atom stereocenters. The fourth-order valence-corrected chi connectivity index (χ4v) is 4.85. The Hall–Kier alpha value is -3.25. The molecule has 0 aromatic carbocycles. The number of nitrogen functional groups attached to an aromatic ring is 1. The van der Waals surface area contributed by atoms with Crippen LogP contribution in [0.25, 0.3) is 27.3 Å². The fourth-order valence-electron chi connectivity index (χ4n) is 4.85. The van der Waals surface area contributed by atoms with Crippen LogP contribution in [-0.4, -0.2) is 44.3 Å². The van der Waals surface area contributed by atoms with Crippen LogP contribution in [0.3, 0.4) is 0 Å². The van der Waals surface area contributed by atoms with E-state index in [0.717, 1.165) is 38.2 Å². The molecule has 1 saturated heterocycles. The maximum absolute atomic E-state index is 7.37. The van der Waals surface area contributed by atoms with Crippen LogP contribution in [0, 0.1) is 12.0 Å². The number of rotatable bonds is 2. The zero-order valence-electron chi connectivity index (χ0n) is 16.1. The van der Waals surface area contributed by atoms with Crippen LogP contribution in [0.5, 0.6) is 0 Å². The number of pyridine rings is 1. The van der Waals surface area contributed by atoms with Gasteiger partial charge >= 0.3 is 0 Å². The Balaban J connectivity index is 1.43. The lowest BCUT2D eigenvalue weighted by Crippen LogP contribution is -2.47. The molecule has 0 bridgehead atoms. The lowest BCUT2D eigenvalue weighted by atomic mass is 9.74. The highest BCUT2D eigenvalue weighted by atomic mass is 15.2. The summed E-state index contributed by atoms with van der Waals surface area (Å²) in [5.74, 6) is 1.17. The molecule has 9 heteroatoms. The molecule has 3 aromatic heterocycles. The van der Waals surface area contributed by atoms with Crippen LogP contribution < -0.4 is 16.4 Å². The number of hydrogen-bond donors (Lipinski definition) is 3. The highest BCUT2D eigenvalue weighted by Crippen LogP contribution is 2.46. The predicted molar refractivity (Wildman–Crippen MR) is 111 cm³/mol. The molecule has 1 aliphatic heterocycles. The number of aromatic amines is 1. The van der Waals surface area contributed by atoms with E-state index in [1.54, 1.807) is 12.3 Å². The van der Waals surface area contributed by atoms with Gasteiger partial charge in [-0.05, 0) is 37.2 Å². The van der Waals surface area contributed by atoms with Gasteiger partial charge in [0.05, 0.1) is 18.5 Å². The largest absolute Gasteiger partial charge is 0.384 e. The smallest absolute Gasteiger partial charge is 0.214 e. The molecule has 2 fully saturated rings. The molecule has 148 valence electrons. The number of nitrogens with one attached hydrogen (secondary N) is 1. The summed E-state index contributed by atoms with van der Waals surface area (Å²) in [5, 5.41) is 7.30. The Morgan fingerprint density at radius 1 is 1.21 bits per heavy atom. The van der Waals surface area contributed by atoms with Gasteiger partial charge in [-0.2, -0.15) is 5.10 Å². The van der Waals surface area contributed by atoms with Crippen molar-refractivity contribution in [3.8, 4) is 11.3 Å². The van der Waals surface area contributed by atoms with Crippen molar-refractivity contribution in [2.24, 2.45) is 11.1 Å².